The van der Waals surface area contributed by atoms with Gasteiger partial charge in [0.2, 0.25) is 0 Å². The van der Waals surface area contributed by atoms with Crippen molar-refractivity contribution in [1.82, 2.24) is 0 Å². The molecule has 0 amide bonds. The predicted molar refractivity (Wildman–Crippen MR) is 67.0 cm³/mol. The number of fused-ring (bicyclic) bond motifs is 5. The van der Waals surface area contributed by atoms with Crippen LogP contribution in [0.1, 0.15) is 55.9 Å². The van der Waals surface area contributed by atoms with Crippen LogP contribution in [-0.4, -0.2) is 5.11 Å². The van der Waals surface area contributed by atoms with E-state index in [0.717, 1.165) is 12.0 Å². The van der Waals surface area contributed by atoms with Crippen LogP contribution < -0.4 is 0 Å². The molecule has 1 aromatic rings. The largest absolute Gasteiger partial charge is 0.508 e. The molecule has 0 spiro atoms. The van der Waals surface area contributed by atoms with Crippen molar-refractivity contribution >= 4 is 0 Å². The lowest BCUT2D eigenvalue weighted by Gasteiger charge is -2.24. The van der Waals surface area contributed by atoms with E-state index in [4.69, 9.17) is 4.74 Å². The number of aromatic hydroxyl groups is 1. The third kappa shape index (κ3) is 1.50. The molecule has 1 N–H and O–H groups in total. The Morgan fingerprint density at radius 1 is 1.41 bits per heavy atom. The molecular weight excluding hydrogens is 212 g/mol. The van der Waals surface area contributed by atoms with Crippen LogP contribution in [0.5, 0.6) is 5.75 Å². The van der Waals surface area contributed by atoms with Gasteiger partial charge in [0.15, 0.2) is 0 Å². The summed E-state index contributed by atoms with van der Waals surface area (Å²) in [5, 5.41) is 9.90. The van der Waals surface area contributed by atoms with Crippen molar-refractivity contribution in [3.8, 4) is 5.75 Å². The zero-order chi connectivity index (χ0) is 12.2. The van der Waals surface area contributed by atoms with Gasteiger partial charge in [0.05, 0.1) is 11.7 Å². The molecule has 0 saturated carbocycles. The number of ether oxygens (including phenoxy) is 1. The van der Waals surface area contributed by atoms with E-state index in [1.54, 1.807) is 0 Å². The fourth-order valence-electron chi connectivity index (χ4n) is 3.35. The van der Waals surface area contributed by atoms with Gasteiger partial charge in [-0.1, -0.05) is 6.92 Å². The summed E-state index contributed by atoms with van der Waals surface area (Å²) in [6.45, 7) is 6.39. The fraction of sp³-hybridized carbons (Fsp3) is 0.600. The number of hydrogen-bond donors (Lipinski definition) is 1. The van der Waals surface area contributed by atoms with E-state index < -0.39 is 0 Å². The van der Waals surface area contributed by atoms with Crippen molar-refractivity contribution in [2.75, 3.05) is 0 Å². The highest BCUT2D eigenvalue weighted by Gasteiger charge is 2.45. The molecule has 17 heavy (non-hydrogen) atoms. The third-order valence-corrected chi connectivity index (χ3v) is 4.46. The van der Waals surface area contributed by atoms with Crippen molar-refractivity contribution in [2.24, 2.45) is 5.92 Å². The van der Waals surface area contributed by atoms with E-state index in [9.17, 15) is 5.11 Å². The number of phenolic OH excluding ortho intramolecular Hbond substituents is 1. The van der Waals surface area contributed by atoms with Crippen molar-refractivity contribution in [1.29, 1.82) is 0 Å². The highest BCUT2D eigenvalue weighted by molar-refractivity contribution is 5.47. The molecule has 0 aromatic heterocycles. The third-order valence-electron chi connectivity index (χ3n) is 4.46. The Morgan fingerprint density at radius 3 is 2.94 bits per heavy atom. The molecule has 1 fully saturated rings. The van der Waals surface area contributed by atoms with Crippen LogP contribution in [0.4, 0.5) is 0 Å². The molecule has 2 heteroatoms. The van der Waals surface area contributed by atoms with E-state index in [-0.39, 0.29) is 11.7 Å². The fourth-order valence-corrected chi connectivity index (χ4v) is 3.35. The molecule has 3 atom stereocenters. The van der Waals surface area contributed by atoms with Crippen molar-refractivity contribution in [3.63, 3.8) is 0 Å². The van der Waals surface area contributed by atoms with Gasteiger partial charge in [0.1, 0.15) is 5.75 Å². The smallest absolute Gasteiger partial charge is 0.118 e. The minimum atomic E-state index is -0.185. The molecule has 92 valence electrons. The van der Waals surface area contributed by atoms with E-state index in [1.165, 1.54) is 24.0 Å². The average molecular weight is 232 g/mol. The molecule has 2 aliphatic heterocycles. The molecule has 1 aromatic carbocycles. The second-order valence-electron chi connectivity index (χ2n) is 5.86. The molecule has 2 bridgehead atoms. The maximum atomic E-state index is 9.90. The average Bonchev–Trinajstić information content (AvgIpc) is 2.44. The van der Waals surface area contributed by atoms with Crippen LogP contribution in [0.2, 0.25) is 0 Å². The molecule has 2 nitrogen and oxygen atoms in total. The minimum Gasteiger partial charge on any atom is -0.508 e. The highest BCUT2D eigenvalue weighted by atomic mass is 16.5. The highest BCUT2D eigenvalue weighted by Crippen LogP contribution is 2.53. The Balaban J connectivity index is 2.20. The maximum Gasteiger partial charge on any atom is 0.118 e. The summed E-state index contributed by atoms with van der Waals surface area (Å²) in [4.78, 5) is 0. The quantitative estimate of drug-likeness (QED) is 0.737. The lowest BCUT2D eigenvalue weighted by atomic mass is 9.82. The number of aryl methyl sites for hydroxylation is 1. The Labute approximate surface area is 103 Å². The van der Waals surface area contributed by atoms with Gasteiger partial charge in [-0.25, -0.2) is 0 Å². The summed E-state index contributed by atoms with van der Waals surface area (Å²) < 4.78 is 6.29. The van der Waals surface area contributed by atoms with Crippen molar-refractivity contribution in [2.45, 2.75) is 51.7 Å². The molecule has 2 heterocycles. The second-order valence-corrected chi connectivity index (χ2v) is 5.86. The Morgan fingerprint density at radius 2 is 2.18 bits per heavy atom. The Hall–Kier alpha value is -1.02. The molecule has 3 rings (SSSR count). The summed E-state index contributed by atoms with van der Waals surface area (Å²) in [6.07, 6.45) is 3.72. The van der Waals surface area contributed by atoms with Gasteiger partial charge in [-0.3, -0.25) is 0 Å². The van der Waals surface area contributed by atoms with Crippen LogP contribution in [-0.2, 0) is 10.3 Å². The lowest BCUT2D eigenvalue weighted by molar-refractivity contribution is -0.0755. The monoisotopic (exact) mass is 232 g/mol. The number of rotatable bonds is 0. The first kappa shape index (κ1) is 11.1. The summed E-state index contributed by atoms with van der Waals surface area (Å²) >= 11 is 0. The summed E-state index contributed by atoms with van der Waals surface area (Å²) in [7, 11) is 0. The van der Waals surface area contributed by atoms with Gasteiger partial charge >= 0.3 is 0 Å². The van der Waals surface area contributed by atoms with E-state index in [1.807, 2.05) is 13.0 Å². The summed E-state index contributed by atoms with van der Waals surface area (Å²) in [6, 6.07) is 4.03. The molecule has 1 saturated heterocycles. The van der Waals surface area contributed by atoms with E-state index >= 15 is 0 Å². The van der Waals surface area contributed by atoms with Gasteiger partial charge in [-0.15, -0.1) is 0 Å². The topological polar surface area (TPSA) is 29.5 Å². The first-order valence-corrected chi connectivity index (χ1v) is 6.53. The zero-order valence-electron chi connectivity index (χ0n) is 10.8. The molecular formula is C15H20O2. The predicted octanol–water partition coefficient (Wildman–Crippen LogP) is 3.81. The van der Waals surface area contributed by atoms with Gasteiger partial charge in [0, 0.05) is 0 Å². The van der Waals surface area contributed by atoms with Crippen LogP contribution in [0.25, 0.3) is 0 Å². The van der Waals surface area contributed by atoms with E-state index in [2.05, 4.69) is 19.9 Å². The number of phenols is 1. The second kappa shape index (κ2) is 3.49. The van der Waals surface area contributed by atoms with E-state index in [0.29, 0.717) is 11.7 Å². The number of benzene rings is 1. The molecule has 0 radical (unpaired) electrons. The molecule has 0 unspecified atom stereocenters. The summed E-state index contributed by atoms with van der Waals surface area (Å²) in [5.74, 6) is 0.967. The maximum absolute atomic E-state index is 9.90. The van der Waals surface area contributed by atoms with Crippen molar-refractivity contribution in [3.05, 3.63) is 28.8 Å². The summed E-state index contributed by atoms with van der Waals surface area (Å²) in [5.41, 5.74) is 3.28. The Kier molecular flexibility index (Phi) is 2.27. The van der Waals surface area contributed by atoms with Crippen LogP contribution >= 0.6 is 0 Å². The van der Waals surface area contributed by atoms with Gasteiger partial charge < -0.3 is 9.84 Å². The number of hydrogen-bond acceptors (Lipinski definition) is 2. The van der Waals surface area contributed by atoms with Gasteiger partial charge in [0.25, 0.3) is 0 Å². The lowest BCUT2D eigenvalue weighted by Crippen LogP contribution is -2.19. The SMILES string of the molecule is Cc1cc2c(cc1O)[C@@]1(C)CCC[C@H](C)[C@@H]2O1. The van der Waals surface area contributed by atoms with Gasteiger partial charge in [-0.2, -0.15) is 0 Å². The van der Waals surface area contributed by atoms with Crippen LogP contribution in [0.3, 0.4) is 0 Å². The van der Waals surface area contributed by atoms with Crippen molar-refractivity contribution < 1.29 is 9.84 Å². The Bertz CT molecular complexity index is 466. The first-order valence-electron chi connectivity index (χ1n) is 6.53. The van der Waals surface area contributed by atoms with Crippen LogP contribution in [0.15, 0.2) is 12.1 Å². The van der Waals surface area contributed by atoms with Crippen LogP contribution in [0, 0.1) is 12.8 Å². The standard InChI is InChI=1S/C15H20O2/c1-9-5-4-6-15(3)12-8-13(16)10(2)7-11(12)14(9)17-15/h7-9,14,16H,4-6H2,1-3H3/t9-,14-,15+/m0/s1. The molecule has 0 aliphatic carbocycles. The first-order chi connectivity index (χ1) is 8.01. The molecule has 2 aliphatic rings. The zero-order valence-corrected chi connectivity index (χ0v) is 10.8. The van der Waals surface area contributed by atoms with Gasteiger partial charge in [-0.05, 0) is 67.9 Å². The minimum absolute atomic E-state index is 0.185. The normalized spacial score (nSPS) is 35.5.